The zero-order chi connectivity index (χ0) is 19.8. The molecule has 2 aromatic carbocycles. The Hall–Kier alpha value is -2.96. The van der Waals surface area contributed by atoms with Gasteiger partial charge in [0.1, 0.15) is 5.70 Å². The van der Waals surface area contributed by atoms with Gasteiger partial charge in [0, 0.05) is 38.3 Å². The molecule has 1 aliphatic heterocycles. The molecular weight excluding hydrogens is 354 g/mol. The number of rotatable bonds is 6. The number of hydrogen-bond acceptors (Lipinski definition) is 4. The maximum Gasteiger partial charge on any atom is 0.270 e. The smallest absolute Gasteiger partial charge is 0.270 e. The molecule has 3 rings (SSSR count). The van der Waals surface area contributed by atoms with Crippen LogP contribution in [0.1, 0.15) is 15.9 Å². The van der Waals surface area contributed by atoms with Crippen molar-refractivity contribution in [3.05, 3.63) is 77.5 Å². The van der Waals surface area contributed by atoms with Crippen LogP contribution >= 0.6 is 0 Å². The topological polar surface area (TPSA) is 72.9 Å². The van der Waals surface area contributed by atoms with Gasteiger partial charge in [0.05, 0.1) is 6.61 Å². The molecule has 0 saturated carbocycles. The molecule has 146 valence electrons. The second-order valence-electron chi connectivity index (χ2n) is 6.65. The highest BCUT2D eigenvalue weighted by Gasteiger charge is 2.24. The molecule has 28 heavy (non-hydrogen) atoms. The molecule has 0 atom stereocenters. The molecule has 0 aliphatic carbocycles. The van der Waals surface area contributed by atoms with E-state index in [0.717, 1.165) is 5.56 Å². The van der Waals surface area contributed by atoms with E-state index in [2.05, 4.69) is 10.2 Å². The number of β-amino-alcohol motifs (C(OH)–C–C–N with tert-alkyl or cyclic N) is 1. The lowest BCUT2D eigenvalue weighted by atomic mass is 10.1. The highest BCUT2D eigenvalue weighted by atomic mass is 16.3. The number of hydrogen-bond donors (Lipinski definition) is 2. The van der Waals surface area contributed by atoms with Crippen LogP contribution in [0.2, 0.25) is 0 Å². The SMILES string of the molecule is O=C(N/C(=C/c1ccccc1)C(=O)N1CCN(CCO)CC1)c1ccccc1. The lowest BCUT2D eigenvalue weighted by molar-refractivity contribution is -0.129. The van der Waals surface area contributed by atoms with Gasteiger partial charge in [-0.1, -0.05) is 48.5 Å². The number of carbonyl (C=O) groups excluding carboxylic acids is 2. The van der Waals surface area contributed by atoms with Gasteiger partial charge in [0.15, 0.2) is 0 Å². The molecule has 2 aromatic rings. The van der Waals surface area contributed by atoms with Gasteiger partial charge in [-0.05, 0) is 23.8 Å². The van der Waals surface area contributed by atoms with Gasteiger partial charge in [-0.25, -0.2) is 0 Å². The lowest BCUT2D eigenvalue weighted by Gasteiger charge is -2.34. The van der Waals surface area contributed by atoms with E-state index in [1.54, 1.807) is 35.2 Å². The number of amides is 2. The maximum atomic E-state index is 13.1. The van der Waals surface area contributed by atoms with Gasteiger partial charge in [-0.15, -0.1) is 0 Å². The quantitative estimate of drug-likeness (QED) is 0.748. The summed E-state index contributed by atoms with van der Waals surface area (Å²) in [5.41, 5.74) is 1.61. The van der Waals surface area contributed by atoms with Crippen LogP contribution in [-0.2, 0) is 4.79 Å². The van der Waals surface area contributed by atoms with Crippen molar-refractivity contribution in [3.8, 4) is 0 Å². The number of carbonyl (C=O) groups is 2. The first-order valence-corrected chi connectivity index (χ1v) is 9.43. The average molecular weight is 379 g/mol. The van der Waals surface area contributed by atoms with Crippen molar-refractivity contribution in [1.82, 2.24) is 15.1 Å². The van der Waals surface area contributed by atoms with E-state index in [9.17, 15) is 9.59 Å². The Morgan fingerprint density at radius 3 is 2.14 bits per heavy atom. The van der Waals surface area contributed by atoms with E-state index in [0.29, 0.717) is 38.3 Å². The molecule has 1 saturated heterocycles. The molecule has 2 amide bonds. The zero-order valence-electron chi connectivity index (χ0n) is 15.8. The summed E-state index contributed by atoms with van der Waals surface area (Å²) in [6, 6.07) is 18.3. The predicted molar refractivity (Wildman–Crippen MR) is 108 cm³/mol. The van der Waals surface area contributed by atoms with Crippen LogP contribution in [-0.4, -0.2) is 66.1 Å². The number of aliphatic hydroxyl groups is 1. The molecular formula is C22H25N3O3. The molecule has 1 heterocycles. The average Bonchev–Trinajstić information content (AvgIpc) is 2.75. The van der Waals surface area contributed by atoms with E-state index in [4.69, 9.17) is 5.11 Å². The third-order valence-electron chi connectivity index (χ3n) is 4.70. The van der Waals surface area contributed by atoms with E-state index in [-0.39, 0.29) is 24.1 Å². The van der Waals surface area contributed by atoms with Crippen LogP contribution in [0.15, 0.2) is 66.4 Å². The summed E-state index contributed by atoms with van der Waals surface area (Å²) in [5.74, 6) is -0.508. The minimum absolute atomic E-state index is 0.111. The second kappa shape index (κ2) is 9.82. The van der Waals surface area contributed by atoms with E-state index in [1.165, 1.54) is 0 Å². The lowest BCUT2D eigenvalue weighted by Crippen LogP contribution is -2.50. The number of nitrogens with zero attached hydrogens (tertiary/aromatic N) is 2. The fourth-order valence-electron chi connectivity index (χ4n) is 3.14. The third-order valence-corrected chi connectivity index (χ3v) is 4.70. The highest BCUT2D eigenvalue weighted by molar-refractivity contribution is 6.05. The molecule has 0 radical (unpaired) electrons. The highest BCUT2D eigenvalue weighted by Crippen LogP contribution is 2.11. The number of aliphatic hydroxyl groups excluding tert-OH is 1. The molecule has 0 unspecified atom stereocenters. The molecule has 6 heteroatoms. The van der Waals surface area contributed by atoms with E-state index in [1.807, 2.05) is 36.4 Å². The van der Waals surface area contributed by atoms with E-state index >= 15 is 0 Å². The molecule has 0 aromatic heterocycles. The van der Waals surface area contributed by atoms with Crippen LogP contribution in [0, 0.1) is 0 Å². The van der Waals surface area contributed by atoms with Gasteiger partial charge in [0.25, 0.3) is 11.8 Å². The van der Waals surface area contributed by atoms with Crippen molar-refractivity contribution in [3.63, 3.8) is 0 Å². The molecule has 1 fully saturated rings. The number of piperazine rings is 1. The monoisotopic (exact) mass is 379 g/mol. The summed E-state index contributed by atoms with van der Waals surface area (Å²) < 4.78 is 0. The van der Waals surface area contributed by atoms with Crippen molar-refractivity contribution >= 4 is 17.9 Å². The first-order chi connectivity index (χ1) is 13.7. The Morgan fingerprint density at radius 1 is 0.929 bits per heavy atom. The molecule has 0 bridgehead atoms. The first kappa shape index (κ1) is 19.8. The van der Waals surface area contributed by atoms with Crippen molar-refractivity contribution in [1.29, 1.82) is 0 Å². The van der Waals surface area contributed by atoms with Gasteiger partial charge < -0.3 is 15.3 Å². The zero-order valence-corrected chi connectivity index (χ0v) is 15.8. The Balaban J connectivity index is 1.77. The van der Waals surface area contributed by atoms with Gasteiger partial charge in [0.2, 0.25) is 0 Å². The Labute approximate surface area is 165 Å². The summed E-state index contributed by atoms with van der Waals surface area (Å²) in [5, 5.41) is 11.9. The summed E-state index contributed by atoms with van der Waals surface area (Å²) in [6.07, 6.45) is 1.71. The van der Waals surface area contributed by atoms with Crippen molar-refractivity contribution in [2.45, 2.75) is 0 Å². The largest absolute Gasteiger partial charge is 0.395 e. The van der Waals surface area contributed by atoms with Crippen molar-refractivity contribution < 1.29 is 14.7 Å². The summed E-state index contributed by atoms with van der Waals surface area (Å²) in [6.45, 7) is 3.26. The Kier molecular flexibility index (Phi) is 6.94. The molecule has 0 spiro atoms. The van der Waals surface area contributed by atoms with Crippen LogP contribution in [0.5, 0.6) is 0 Å². The summed E-state index contributed by atoms with van der Waals surface area (Å²) in [7, 11) is 0. The minimum atomic E-state index is -0.310. The van der Waals surface area contributed by atoms with Gasteiger partial charge in [-0.3, -0.25) is 14.5 Å². The Morgan fingerprint density at radius 2 is 1.54 bits per heavy atom. The third kappa shape index (κ3) is 5.28. The van der Waals surface area contributed by atoms with Gasteiger partial charge in [-0.2, -0.15) is 0 Å². The van der Waals surface area contributed by atoms with Crippen LogP contribution in [0.3, 0.4) is 0 Å². The standard InChI is InChI=1S/C22H25N3O3/c26-16-15-24-11-13-25(14-12-24)22(28)20(17-18-7-3-1-4-8-18)23-21(27)19-9-5-2-6-10-19/h1-10,17,26H,11-16H2,(H,23,27)/b20-17+. The number of benzene rings is 2. The fraction of sp³-hybridized carbons (Fsp3) is 0.273. The van der Waals surface area contributed by atoms with Crippen molar-refractivity contribution in [2.24, 2.45) is 0 Å². The predicted octanol–water partition coefficient (Wildman–Crippen LogP) is 1.59. The normalized spacial score (nSPS) is 15.3. The minimum Gasteiger partial charge on any atom is -0.395 e. The van der Waals surface area contributed by atoms with Crippen LogP contribution in [0.4, 0.5) is 0 Å². The summed E-state index contributed by atoms with van der Waals surface area (Å²) >= 11 is 0. The number of nitrogens with one attached hydrogen (secondary N) is 1. The maximum absolute atomic E-state index is 13.1. The first-order valence-electron chi connectivity index (χ1n) is 9.43. The molecule has 2 N–H and O–H groups in total. The Bertz CT molecular complexity index is 813. The van der Waals surface area contributed by atoms with Crippen molar-refractivity contribution in [2.75, 3.05) is 39.3 Å². The fourth-order valence-corrected chi connectivity index (χ4v) is 3.14. The van der Waals surface area contributed by atoms with Crippen LogP contribution < -0.4 is 5.32 Å². The van der Waals surface area contributed by atoms with Gasteiger partial charge >= 0.3 is 0 Å². The second-order valence-corrected chi connectivity index (χ2v) is 6.65. The van der Waals surface area contributed by atoms with Crippen LogP contribution in [0.25, 0.3) is 6.08 Å². The summed E-state index contributed by atoms with van der Waals surface area (Å²) in [4.78, 5) is 29.6. The van der Waals surface area contributed by atoms with E-state index < -0.39 is 0 Å². The molecule has 1 aliphatic rings. The molecule has 6 nitrogen and oxygen atoms in total.